The number of hydrogen-bond donors (Lipinski definition) is 0. The van der Waals surface area contributed by atoms with E-state index in [1.54, 1.807) is 0 Å². The molecule has 4 atom stereocenters. The third-order valence-corrected chi connectivity index (χ3v) is 5.53. The average Bonchev–Trinajstić information content (AvgIpc) is 3.17. The fourth-order valence-corrected chi connectivity index (χ4v) is 4.95. The molecule has 1 saturated carbocycles. The van der Waals surface area contributed by atoms with Gasteiger partial charge in [-0.25, -0.2) is 0 Å². The van der Waals surface area contributed by atoms with Gasteiger partial charge in [0.25, 0.3) is 0 Å². The van der Waals surface area contributed by atoms with Gasteiger partial charge in [-0.1, -0.05) is 48.5 Å². The number of rotatable bonds is 1. The molecule has 5 rings (SSSR count). The molecular weight excluding hydrogens is 260 g/mol. The normalized spacial score (nSPS) is 33.7. The van der Waals surface area contributed by atoms with E-state index in [2.05, 4.69) is 48.5 Å². The molecule has 0 radical (unpaired) electrons. The highest BCUT2D eigenvalue weighted by atomic mass is 16.6. The maximum absolute atomic E-state index is 11.8. The van der Waals surface area contributed by atoms with E-state index in [0.717, 1.165) is 6.42 Å². The molecule has 0 N–H and O–H groups in total. The van der Waals surface area contributed by atoms with Gasteiger partial charge in [-0.3, -0.25) is 4.79 Å². The van der Waals surface area contributed by atoms with Gasteiger partial charge in [-0.05, 0) is 34.1 Å². The summed E-state index contributed by atoms with van der Waals surface area (Å²) in [4.78, 5) is 11.8. The number of hydrogen-bond acceptors (Lipinski definition) is 2. The molecule has 0 spiro atoms. The Bertz CT molecular complexity index is 779. The highest BCUT2D eigenvalue weighted by molar-refractivity contribution is 5.69. The summed E-state index contributed by atoms with van der Waals surface area (Å²) >= 11 is 0. The van der Waals surface area contributed by atoms with E-state index in [1.807, 2.05) is 0 Å². The zero-order chi connectivity index (χ0) is 14.2. The predicted octanol–water partition coefficient (Wildman–Crippen LogP) is 3.51. The van der Waals surface area contributed by atoms with Crippen molar-refractivity contribution in [2.24, 2.45) is 5.92 Å². The van der Waals surface area contributed by atoms with Gasteiger partial charge in [0.15, 0.2) is 0 Å². The lowest BCUT2D eigenvalue weighted by Gasteiger charge is -2.37. The Balaban J connectivity index is 1.76. The van der Waals surface area contributed by atoms with E-state index in [-0.39, 0.29) is 5.97 Å². The summed E-state index contributed by atoms with van der Waals surface area (Å²) in [6, 6.07) is 17.2. The summed E-state index contributed by atoms with van der Waals surface area (Å²) in [5, 5.41) is 0. The van der Waals surface area contributed by atoms with Gasteiger partial charge in [0.1, 0.15) is 5.60 Å². The molecule has 0 aromatic heterocycles. The molecule has 0 unspecified atom stereocenters. The topological polar surface area (TPSA) is 26.3 Å². The van der Waals surface area contributed by atoms with Crippen molar-refractivity contribution in [1.29, 1.82) is 0 Å². The molecule has 0 bridgehead atoms. The van der Waals surface area contributed by atoms with E-state index >= 15 is 0 Å². The van der Waals surface area contributed by atoms with E-state index in [4.69, 9.17) is 4.74 Å². The second kappa shape index (κ2) is 3.56. The lowest BCUT2D eigenvalue weighted by atomic mass is 9.75. The average molecular weight is 276 g/mol. The number of carbonyl (C=O) groups is 1. The van der Waals surface area contributed by atoms with Gasteiger partial charge in [-0.2, -0.15) is 0 Å². The van der Waals surface area contributed by atoms with Crippen molar-refractivity contribution < 1.29 is 9.53 Å². The molecule has 2 heteroatoms. The Morgan fingerprint density at radius 1 is 1.05 bits per heavy atom. The second-order valence-corrected chi connectivity index (χ2v) is 6.52. The predicted molar refractivity (Wildman–Crippen MR) is 79.0 cm³/mol. The summed E-state index contributed by atoms with van der Waals surface area (Å²) in [6.45, 7) is 1.53. The Kier molecular flexibility index (Phi) is 1.96. The number of carbonyl (C=O) groups excluding carboxylic acids is 1. The van der Waals surface area contributed by atoms with Gasteiger partial charge in [0.05, 0.1) is 0 Å². The van der Waals surface area contributed by atoms with Crippen LogP contribution < -0.4 is 0 Å². The summed E-state index contributed by atoms with van der Waals surface area (Å²) in [6.07, 6.45) is 0.817. The first-order valence-electron chi connectivity index (χ1n) is 7.59. The van der Waals surface area contributed by atoms with Crippen molar-refractivity contribution in [3.05, 3.63) is 70.8 Å². The van der Waals surface area contributed by atoms with Crippen LogP contribution in [0, 0.1) is 5.92 Å². The summed E-state index contributed by atoms with van der Waals surface area (Å²) in [5.41, 5.74) is 5.01. The molecule has 3 aliphatic carbocycles. The molecule has 1 fully saturated rings. The summed E-state index contributed by atoms with van der Waals surface area (Å²) in [5.74, 6) is 1.33. The van der Waals surface area contributed by atoms with Crippen molar-refractivity contribution >= 4 is 5.97 Å². The smallest absolute Gasteiger partial charge is 0.303 e. The molecular formula is C19H16O2. The van der Waals surface area contributed by atoms with E-state index in [9.17, 15) is 4.79 Å². The van der Waals surface area contributed by atoms with Crippen molar-refractivity contribution in [2.75, 3.05) is 0 Å². The number of benzene rings is 2. The molecule has 104 valence electrons. The highest BCUT2D eigenvalue weighted by Crippen LogP contribution is 2.76. The van der Waals surface area contributed by atoms with Gasteiger partial charge in [-0.15, -0.1) is 0 Å². The van der Waals surface area contributed by atoms with Gasteiger partial charge in [0, 0.05) is 19.3 Å². The summed E-state index contributed by atoms with van der Waals surface area (Å²) in [7, 11) is 0. The largest absolute Gasteiger partial charge is 0.454 e. The first-order valence-corrected chi connectivity index (χ1v) is 7.59. The van der Waals surface area contributed by atoms with Crippen molar-refractivity contribution in [3.63, 3.8) is 0 Å². The van der Waals surface area contributed by atoms with Crippen molar-refractivity contribution in [2.45, 2.75) is 30.8 Å². The van der Waals surface area contributed by atoms with E-state index in [1.165, 1.54) is 29.2 Å². The van der Waals surface area contributed by atoms with Crippen LogP contribution in [0.1, 0.15) is 41.0 Å². The first-order chi connectivity index (χ1) is 10.2. The molecule has 0 aliphatic heterocycles. The van der Waals surface area contributed by atoms with Crippen LogP contribution in [0.3, 0.4) is 0 Å². The molecule has 2 aromatic rings. The number of ether oxygens (including phenoxy) is 1. The molecule has 0 heterocycles. The molecule has 0 amide bonds. The third-order valence-electron chi connectivity index (χ3n) is 5.53. The fourth-order valence-electron chi connectivity index (χ4n) is 4.95. The SMILES string of the molecule is CC(=O)O[C@]12Cc3ccccc3[C@@H]3[C@H](c4ccccc41)[C@@H]32. The lowest BCUT2D eigenvalue weighted by molar-refractivity contribution is -0.161. The molecule has 2 aromatic carbocycles. The zero-order valence-electron chi connectivity index (χ0n) is 11.9. The fraction of sp³-hybridized carbons (Fsp3) is 0.316. The molecule has 3 aliphatic rings. The third kappa shape index (κ3) is 1.26. The standard InChI is InChI=1S/C19H16O2/c1-11(20)21-19-10-12-6-2-3-7-13(12)16-17(18(16)19)14-8-4-5-9-15(14)19/h2-9,16-18H,10H2,1H3/t16-,17+,18-,19-/m1/s1. The Hall–Kier alpha value is -2.09. The zero-order valence-corrected chi connectivity index (χ0v) is 11.9. The van der Waals surface area contributed by atoms with Gasteiger partial charge >= 0.3 is 5.97 Å². The minimum atomic E-state index is -0.424. The maximum atomic E-state index is 11.8. The molecule has 2 nitrogen and oxygen atoms in total. The van der Waals surface area contributed by atoms with E-state index < -0.39 is 5.60 Å². The monoisotopic (exact) mass is 276 g/mol. The maximum Gasteiger partial charge on any atom is 0.303 e. The van der Waals surface area contributed by atoms with Crippen LogP contribution >= 0.6 is 0 Å². The molecule has 0 saturated heterocycles. The van der Waals surface area contributed by atoms with E-state index in [0.29, 0.717) is 17.8 Å². The quantitative estimate of drug-likeness (QED) is 0.745. The van der Waals surface area contributed by atoms with Crippen molar-refractivity contribution in [1.82, 2.24) is 0 Å². The highest BCUT2D eigenvalue weighted by Gasteiger charge is 2.72. The van der Waals surface area contributed by atoms with Crippen molar-refractivity contribution in [3.8, 4) is 0 Å². The minimum absolute atomic E-state index is 0.171. The Labute approximate surface area is 123 Å². The first kappa shape index (κ1) is 11.6. The van der Waals surface area contributed by atoms with Crippen LogP contribution in [0.5, 0.6) is 0 Å². The van der Waals surface area contributed by atoms with Gasteiger partial charge in [0.2, 0.25) is 0 Å². The summed E-state index contributed by atoms with van der Waals surface area (Å²) < 4.78 is 5.97. The number of esters is 1. The molecule has 21 heavy (non-hydrogen) atoms. The van der Waals surface area contributed by atoms with Crippen LogP contribution in [0.15, 0.2) is 48.5 Å². The van der Waals surface area contributed by atoms with Gasteiger partial charge < -0.3 is 4.74 Å². The second-order valence-electron chi connectivity index (χ2n) is 6.52. The lowest BCUT2D eigenvalue weighted by Crippen LogP contribution is -2.38. The van der Waals surface area contributed by atoms with Crippen LogP contribution in [-0.2, 0) is 21.6 Å². The Morgan fingerprint density at radius 3 is 2.52 bits per heavy atom. The minimum Gasteiger partial charge on any atom is -0.454 e. The Morgan fingerprint density at radius 2 is 1.71 bits per heavy atom. The number of fused-ring (bicyclic) bond motifs is 6. The van der Waals surface area contributed by atoms with Crippen LogP contribution in [0.25, 0.3) is 0 Å². The van der Waals surface area contributed by atoms with Crippen LogP contribution in [0.2, 0.25) is 0 Å². The van der Waals surface area contributed by atoms with Crippen LogP contribution in [0.4, 0.5) is 0 Å². The van der Waals surface area contributed by atoms with Crippen LogP contribution in [-0.4, -0.2) is 5.97 Å².